The van der Waals surface area contributed by atoms with E-state index in [1.54, 1.807) is 30.3 Å². The fourth-order valence-electron chi connectivity index (χ4n) is 2.16. The Bertz CT molecular complexity index is 897. The van der Waals surface area contributed by atoms with Crippen LogP contribution in [0.2, 0.25) is 0 Å². The molecule has 0 aliphatic heterocycles. The quantitative estimate of drug-likeness (QED) is 0.704. The Balaban J connectivity index is 1.62. The highest BCUT2D eigenvalue weighted by Gasteiger charge is 2.29. The number of carbonyl (C=O) groups is 1. The van der Waals surface area contributed by atoms with Crippen LogP contribution in [0.4, 0.5) is 13.2 Å². The van der Waals surface area contributed by atoms with Crippen molar-refractivity contribution in [2.24, 2.45) is 0 Å². The summed E-state index contributed by atoms with van der Waals surface area (Å²) in [6.45, 7) is -1.49. The molecule has 1 amide bonds. The van der Waals surface area contributed by atoms with Crippen molar-refractivity contribution in [1.29, 1.82) is 0 Å². The molecule has 3 aromatic rings. The molecule has 1 N–H and O–H groups in total. The maximum atomic E-state index is 12.3. The first kappa shape index (κ1) is 18.3. The maximum Gasteiger partial charge on any atom is 0.422 e. The first-order valence-electron chi connectivity index (χ1n) is 7.67. The van der Waals surface area contributed by atoms with Gasteiger partial charge in [0, 0.05) is 23.9 Å². The predicted octanol–water partition coefficient (Wildman–Crippen LogP) is 1.93. The number of hydrogen-bond donors (Lipinski definition) is 1. The SMILES string of the molecule is O=C(NCc1cccnc1OCC(F)(F)F)c1ccc(-n2cnnn2)cc1. The van der Waals surface area contributed by atoms with Gasteiger partial charge in [-0.25, -0.2) is 9.67 Å². The first-order chi connectivity index (χ1) is 12.9. The van der Waals surface area contributed by atoms with E-state index in [1.165, 1.54) is 23.3 Å². The predicted molar refractivity (Wildman–Crippen MR) is 86.1 cm³/mol. The van der Waals surface area contributed by atoms with Crippen molar-refractivity contribution in [2.45, 2.75) is 12.7 Å². The molecule has 0 saturated carbocycles. The van der Waals surface area contributed by atoms with E-state index >= 15 is 0 Å². The molecule has 0 saturated heterocycles. The van der Waals surface area contributed by atoms with Gasteiger partial charge in [0.05, 0.1) is 5.69 Å². The molecule has 3 rings (SSSR count). The zero-order valence-corrected chi connectivity index (χ0v) is 13.7. The van der Waals surface area contributed by atoms with E-state index in [4.69, 9.17) is 0 Å². The Morgan fingerprint density at radius 2 is 1.96 bits per heavy atom. The summed E-state index contributed by atoms with van der Waals surface area (Å²) in [7, 11) is 0. The molecule has 0 radical (unpaired) electrons. The Kier molecular flexibility index (Phi) is 5.29. The molecule has 27 heavy (non-hydrogen) atoms. The van der Waals surface area contributed by atoms with Gasteiger partial charge in [0.25, 0.3) is 5.91 Å². The number of nitrogens with one attached hydrogen (secondary N) is 1. The van der Waals surface area contributed by atoms with E-state index in [2.05, 4.69) is 30.6 Å². The summed E-state index contributed by atoms with van der Waals surface area (Å²) >= 11 is 0. The molecule has 1 aromatic carbocycles. The second-order valence-electron chi connectivity index (χ2n) is 5.36. The van der Waals surface area contributed by atoms with Crippen LogP contribution >= 0.6 is 0 Å². The number of aromatic nitrogens is 5. The molecular weight excluding hydrogens is 365 g/mol. The standard InChI is InChI=1S/C16H13F3N6O2/c17-16(18,19)9-27-15-12(2-1-7-20-15)8-21-14(26)11-3-5-13(6-4-11)25-10-22-23-24-25/h1-7,10H,8-9H2,(H,21,26). The van der Waals surface area contributed by atoms with Crippen LogP contribution in [0.5, 0.6) is 5.88 Å². The average Bonchev–Trinajstić information content (AvgIpc) is 3.19. The van der Waals surface area contributed by atoms with Gasteiger partial charge in [-0.1, -0.05) is 6.07 Å². The number of halogens is 3. The lowest BCUT2D eigenvalue weighted by atomic mass is 10.2. The van der Waals surface area contributed by atoms with Crippen molar-refractivity contribution in [2.75, 3.05) is 6.61 Å². The molecule has 0 unspecified atom stereocenters. The summed E-state index contributed by atoms with van der Waals surface area (Å²) in [5.74, 6) is -0.576. The number of hydrogen-bond acceptors (Lipinski definition) is 6. The zero-order valence-electron chi connectivity index (χ0n) is 13.7. The van der Waals surface area contributed by atoms with E-state index in [0.29, 0.717) is 16.8 Å². The number of benzene rings is 1. The Hall–Kier alpha value is -3.50. The van der Waals surface area contributed by atoms with Crippen LogP contribution in [-0.2, 0) is 6.54 Å². The topological polar surface area (TPSA) is 94.8 Å². The summed E-state index contributed by atoms with van der Waals surface area (Å²) in [5, 5.41) is 13.4. The number of alkyl halides is 3. The Labute approximate surface area is 151 Å². The van der Waals surface area contributed by atoms with Gasteiger partial charge in [-0.2, -0.15) is 13.2 Å². The minimum Gasteiger partial charge on any atom is -0.468 e. The largest absolute Gasteiger partial charge is 0.468 e. The van der Waals surface area contributed by atoms with E-state index in [1.807, 2.05) is 0 Å². The highest BCUT2D eigenvalue weighted by molar-refractivity contribution is 5.94. The maximum absolute atomic E-state index is 12.3. The fraction of sp³-hybridized carbons (Fsp3) is 0.188. The first-order valence-corrected chi connectivity index (χ1v) is 7.67. The number of carbonyl (C=O) groups excluding carboxylic acids is 1. The zero-order chi connectivity index (χ0) is 19.3. The van der Waals surface area contributed by atoms with Crippen LogP contribution in [-0.4, -0.2) is 43.9 Å². The minimum atomic E-state index is -4.47. The smallest absolute Gasteiger partial charge is 0.422 e. The van der Waals surface area contributed by atoms with Gasteiger partial charge in [0.1, 0.15) is 6.33 Å². The lowest BCUT2D eigenvalue weighted by Gasteiger charge is -2.12. The molecule has 0 aliphatic carbocycles. The highest BCUT2D eigenvalue weighted by Crippen LogP contribution is 2.20. The number of nitrogens with zero attached hydrogens (tertiary/aromatic N) is 5. The number of pyridine rings is 1. The highest BCUT2D eigenvalue weighted by atomic mass is 19.4. The van der Waals surface area contributed by atoms with Crippen molar-refractivity contribution < 1.29 is 22.7 Å². The molecule has 2 aromatic heterocycles. The summed E-state index contributed by atoms with van der Waals surface area (Å²) in [5.41, 5.74) is 1.38. The Morgan fingerprint density at radius 1 is 1.19 bits per heavy atom. The van der Waals surface area contributed by atoms with E-state index in [-0.39, 0.29) is 12.4 Å². The van der Waals surface area contributed by atoms with Crippen molar-refractivity contribution in [3.05, 3.63) is 60.0 Å². The lowest BCUT2D eigenvalue weighted by Crippen LogP contribution is -2.24. The molecule has 0 bridgehead atoms. The summed E-state index contributed by atoms with van der Waals surface area (Å²) in [6.07, 6.45) is -1.74. The molecule has 8 nitrogen and oxygen atoms in total. The van der Waals surface area contributed by atoms with Gasteiger partial charge < -0.3 is 10.1 Å². The van der Waals surface area contributed by atoms with Crippen molar-refractivity contribution >= 4 is 5.91 Å². The third-order valence-corrected chi connectivity index (χ3v) is 3.40. The molecule has 0 fully saturated rings. The van der Waals surface area contributed by atoms with E-state index in [9.17, 15) is 18.0 Å². The van der Waals surface area contributed by atoms with Crippen LogP contribution < -0.4 is 10.1 Å². The van der Waals surface area contributed by atoms with Crippen LogP contribution in [0.15, 0.2) is 48.9 Å². The van der Waals surface area contributed by atoms with Gasteiger partial charge in [0.15, 0.2) is 6.61 Å². The van der Waals surface area contributed by atoms with Gasteiger partial charge >= 0.3 is 6.18 Å². The monoisotopic (exact) mass is 378 g/mol. The minimum absolute atomic E-state index is 0.0331. The van der Waals surface area contributed by atoms with Crippen LogP contribution in [0.25, 0.3) is 5.69 Å². The van der Waals surface area contributed by atoms with Crippen LogP contribution in [0, 0.1) is 0 Å². The van der Waals surface area contributed by atoms with Crippen molar-refractivity contribution in [3.63, 3.8) is 0 Å². The molecular formula is C16H13F3N6O2. The summed E-state index contributed by atoms with van der Waals surface area (Å²) < 4.78 is 43.0. The van der Waals surface area contributed by atoms with Gasteiger partial charge in [0.2, 0.25) is 5.88 Å². The van der Waals surface area contributed by atoms with Crippen molar-refractivity contribution in [3.8, 4) is 11.6 Å². The molecule has 0 spiro atoms. The third-order valence-electron chi connectivity index (χ3n) is 3.40. The van der Waals surface area contributed by atoms with E-state index in [0.717, 1.165) is 0 Å². The van der Waals surface area contributed by atoms with Gasteiger partial charge in [-0.15, -0.1) is 5.10 Å². The number of tetrazole rings is 1. The summed E-state index contributed by atoms with van der Waals surface area (Å²) in [6, 6.07) is 9.55. The average molecular weight is 378 g/mol. The fourth-order valence-corrected chi connectivity index (χ4v) is 2.16. The molecule has 0 aliphatic rings. The normalized spacial score (nSPS) is 11.2. The number of amides is 1. The Morgan fingerprint density at radius 3 is 2.63 bits per heavy atom. The molecule has 2 heterocycles. The van der Waals surface area contributed by atoms with E-state index < -0.39 is 18.7 Å². The lowest BCUT2D eigenvalue weighted by molar-refractivity contribution is -0.154. The number of rotatable bonds is 6. The third kappa shape index (κ3) is 5.00. The molecule has 0 atom stereocenters. The van der Waals surface area contributed by atoms with Gasteiger partial charge in [-0.05, 0) is 40.8 Å². The van der Waals surface area contributed by atoms with Gasteiger partial charge in [-0.3, -0.25) is 4.79 Å². The second kappa shape index (κ2) is 7.81. The summed E-state index contributed by atoms with van der Waals surface area (Å²) in [4.78, 5) is 16.0. The van der Waals surface area contributed by atoms with Crippen LogP contribution in [0.3, 0.4) is 0 Å². The second-order valence-corrected chi connectivity index (χ2v) is 5.36. The molecule has 140 valence electrons. The van der Waals surface area contributed by atoms with Crippen LogP contribution in [0.1, 0.15) is 15.9 Å². The van der Waals surface area contributed by atoms with Crippen molar-refractivity contribution in [1.82, 2.24) is 30.5 Å². The molecule has 11 heteroatoms. The number of ether oxygens (including phenoxy) is 1.